The second-order valence-corrected chi connectivity index (χ2v) is 4.07. The summed E-state index contributed by atoms with van der Waals surface area (Å²) in [5.41, 5.74) is 0. The zero-order chi connectivity index (χ0) is 11.4. The molecule has 1 aliphatic rings. The van der Waals surface area contributed by atoms with Gasteiger partial charge in [0, 0.05) is 19.6 Å². The van der Waals surface area contributed by atoms with Crippen LogP contribution >= 0.6 is 0 Å². The van der Waals surface area contributed by atoms with Crippen molar-refractivity contribution in [2.24, 2.45) is 11.8 Å². The van der Waals surface area contributed by atoms with E-state index in [2.05, 4.69) is 5.32 Å². The van der Waals surface area contributed by atoms with Crippen LogP contribution in [0.1, 0.15) is 13.8 Å². The van der Waals surface area contributed by atoms with Gasteiger partial charge in [-0.25, -0.2) is 0 Å². The lowest BCUT2D eigenvalue weighted by molar-refractivity contribution is -0.142. The molecule has 0 radical (unpaired) electrons. The first-order valence-electron chi connectivity index (χ1n) is 5.26. The minimum atomic E-state index is -0.763. The van der Waals surface area contributed by atoms with Crippen molar-refractivity contribution >= 4 is 11.9 Å². The molecule has 1 rings (SSSR count). The fourth-order valence-electron chi connectivity index (χ4n) is 1.97. The van der Waals surface area contributed by atoms with Gasteiger partial charge in [0.1, 0.15) is 0 Å². The maximum Gasteiger partial charge on any atom is 0.308 e. The van der Waals surface area contributed by atoms with Crippen LogP contribution in [0.2, 0.25) is 0 Å². The minimum Gasteiger partial charge on any atom is -0.481 e. The number of carboxylic acid groups (broad SMARTS) is 1. The SMILES string of the molecule is CCNC(=O)CN1CC(C)C(C(=O)O)C1. The third-order valence-electron chi connectivity index (χ3n) is 2.75. The van der Waals surface area contributed by atoms with E-state index in [1.807, 2.05) is 18.7 Å². The van der Waals surface area contributed by atoms with E-state index in [4.69, 9.17) is 5.11 Å². The zero-order valence-corrected chi connectivity index (χ0v) is 9.19. The van der Waals surface area contributed by atoms with Crippen molar-refractivity contribution < 1.29 is 14.7 Å². The minimum absolute atomic E-state index is 0.0317. The van der Waals surface area contributed by atoms with Gasteiger partial charge >= 0.3 is 5.97 Å². The number of aliphatic carboxylic acids is 1. The average molecular weight is 214 g/mol. The van der Waals surface area contributed by atoms with Gasteiger partial charge in [0.15, 0.2) is 0 Å². The molecule has 2 unspecified atom stereocenters. The third kappa shape index (κ3) is 3.20. The van der Waals surface area contributed by atoms with E-state index in [9.17, 15) is 9.59 Å². The molecule has 2 N–H and O–H groups in total. The summed E-state index contributed by atoms with van der Waals surface area (Å²) < 4.78 is 0. The summed E-state index contributed by atoms with van der Waals surface area (Å²) in [5.74, 6) is -1.01. The van der Waals surface area contributed by atoms with E-state index >= 15 is 0 Å². The number of nitrogens with one attached hydrogen (secondary N) is 1. The smallest absolute Gasteiger partial charge is 0.308 e. The van der Waals surface area contributed by atoms with Gasteiger partial charge in [-0.3, -0.25) is 14.5 Å². The van der Waals surface area contributed by atoms with Crippen LogP contribution in [-0.4, -0.2) is 48.1 Å². The molecular weight excluding hydrogens is 196 g/mol. The van der Waals surface area contributed by atoms with E-state index in [1.165, 1.54) is 0 Å². The molecule has 2 atom stereocenters. The van der Waals surface area contributed by atoms with Crippen LogP contribution in [0.3, 0.4) is 0 Å². The Morgan fingerprint density at radius 3 is 2.60 bits per heavy atom. The molecule has 0 aliphatic carbocycles. The molecule has 86 valence electrons. The zero-order valence-electron chi connectivity index (χ0n) is 9.19. The first kappa shape index (κ1) is 12.0. The van der Waals surface area contributed by atoms with Crippen molar-refractivity contribution in [3.05, 3.63) is 0 Å². The number of carboxylic acids is 1. The predicted molar refractivity (Wildman–Crippen MR) is 55.4 cm³/mol. The van der Waals surface area contributed by atoms with Crippen LogP contribution in [0.5, 0.6) is 0 Å². The second-order valence-electron chi connectivity index (χ2n) is 4.07. The molecule has 0 saturated carbocycles. The van der Waals surface area contributed by atoms with E-state index < -0.39 is 5.97 Å². The van der Waals surface area contributed by atoms with E-state index in [1.54, 1.807) is 0 Å². The molecule has 0 aromatic carbocycles. The molecule has 1 aliphatic heterocycles. The molecule has 0 bridgehead atoms. The van der Waals surface area contributed by atoms with Crippen molar-refractivity contribution in [2.45, 2.75) is 13.8 Å². The number of hydrogen-bond acceptors (Lipinski definition) is 3. The van der Waals surface area contributed by atoms with Gasteiger partial charge in [0.25, 0.3) is 0 Å². The monoisotopic (exact) mass is 214 g/mol. The van der Waals surface area contributed by atoms with Crippen LogP contribution in [0, 0.1) is 11.8 Å². The topological polar surface area (TPSA) is 69.6 Å². The summed E-state index contributed by atoms with van der Waals surface area (Å²) in [6.07, 6.45) is 0. The van der Waals surface area contributed by atoms with Crippen LogP contribution in [0.4, 0.5) is 0 Å². The maximum atomic E-state index is 11.3. The molecule has 0 aromatic heterocycles. The number of likely N-dealkylation sites (N-methyl/N-ethyl adjacent to an activating group) is 1. The Morgan fingerprint density at radius 1 is 1.47 bits per heavy atom. The summed E-state index contributed by atoms with van der Waals surface area (Å²) in [6, 6.07) is 0. The van der Waals surface area contributed by atoms with E-state index in [-0.39, 0.29) is 17.7 Å². The predicted octanol–water partition coefficient (Wildman–Crippen LogP) is -0.225. The molecule has 0 aromatic rings. The molecule has 1 amide bonds. The Labute approximate surface area is 89.4 Å². The molecule has 5 heteroatoms. The lowest BCUT2D eigenvalue weighted by Crippen LogP contribution is -2.36. The second kappa shape index (κ2) is 5.11. The highest BCUT2D eigenvalue weighted by atomic mass is 16.4. The van der Waals surface area contributed by atoms with Crippen LogP contribution in [0.25, 0.3) is 0 Å². The maximum absolute atomic E-state index is 11.3. The molecular formula is C10H18N2O3. The van der Waals surface area contributed by atoms with Crippen LogP contribution in [-0.2, 0) is 9.59 Å². The highest BCUT2D eigenvalue weighted by Crippen LogP contribution is 2.22. The molecule has 1 fully saturated rings. The fourth-order valence-corrected chi connectivity index (χ4v) is 1.97. The Bertz CT molecular complexity index is 255. The number of likely N-dealkylation sites (tertiary alicyclic amines) is 1. The van der Waals surface area contributed by atoms with E-state index in [0.29, 0.717) is 26.2 Å². The number of amides is 1. The Balaban J connectivity index is 2.41. The Hall–Kier alpha value is -1.10. The van der Waals surface area contributed by atoms with Gasteiger partial charge in [0.2, 0.25) is 5.91 Å². The summed E-state index contributed by atoms with van der Waals surface area (Å²) in [7, 11) is 0. The van der Waals surface area contributed by atoms with Gasteiger partial charge in [-0.2, -0.15) is 0 Å². The molecule has 1 saturated heterocycles. The van der Waals surface area contributed by atoms with Crippen LogP contribution in [0.15, 0.2) is 0 Å². The first-order chi connectivity index (χ1) is 7.04. The van der Waals surface area contributed by atoms with Crippen molar-refractivity contribution in [1.82, 2.24) is 10.2 Å². The fraction of sp³-hybridized carbons (Fsp3) is 0.800. The molecule has 1 heterocycles. The van der Waals surface area contributed by atoms with Gasteiger partial charge < -0.3 is 10.4 Å². The molecule has 15 heavy (non-hydrogen) atoms. The van der Waals surface area contributed by atoms with Gasteiger partial charge in [-0.1, -0.05) is 6.92 Å². The Kier molecular flexibility index (Phi) is 4.08. The summed E-state index contributed by atoms with van der Waals surface area (Å²) in [5, 5.41) is 11.6. The van der Waals surface area contributed by atoms with Crippen LogP contribution < -0.4 is 5.32 Å². The average Bonchev–Trinajstić information content (AvgIpc) is 2.47. The normalized spacial score (nSPS) is 26.5. The first-order valence-corrected chi connectivity index (χ1v) is 5.26. The number of hydrogen-bond donors (Lipinski definition) is 2. The molecule has 0 spiro atoms. The van der Waals surface area contributed by atoms with Crippen molar-refractivity contribution in [2.75, 3.05) is 26.2 Å². The summed E-state index contributed by atoms with van der Waals surface area (Å²) in [4.78, 5) is 24.0. The third-order valence-corrected chi connectivity index (χ3v) is 2.75. The van der Waals surface area contributed by atoms with Crippen molar-refractivity contribution in [3.8, 4) is 0 Å². The largest absolute Gasteiger partial charge is 0.481 e. The summed E-state index contributed by atoms with van der Waals surface area (Å²) >= 11 is 0. The number of nitrogens with zero attached hydrogens (tertiary/aromatic N) is 1. The molecule has 5 nitrogen and oxygen atoms in total. The van der Waals surface area contributed by atoms with Gasteiger partial charge in [0.05, 0.1) is 12.5 Å². The van der Waals surface area contributed by atoms with Gasteiger partial charge in [-0.05, 0) is 12.8 Å². The lowest BCUT2D eigenvalue weighted by atomic mass is 9.99. The number of rotatable bonds is 4. The lowest BCUT2D eigenvalue weighted by Gasteiger charge is -2.13. The highest BCUT2D eigenvalue weighted by Gasteiger charge is 2.35. The van der Waals surface area contributed by atoms with Crippen molar-refractivity contribution in [1.29, 1.82) is 0 Å². The van der Waals surface area contributed by atoms with Gasteiger partial charge in [-0.15, -0.1) is 0 Å². The highest BCUT2D eigenvalue weighted by molar-refractivity contribution is 5.78. The standard InChI is InChI=1S/C10H18N2O3/c1-3-11-9(13)6-12-4-7(2)8(5-12)10(14)15/h7-8H,3-6H2,1-2H3,(H,11,13)(H,14,15). The van der Waals surface area contributed by atoms with Crippen molar-refractivity contribution in [3.63, 3.8) is 0 Å². The van der Waals surface area contributed by atoms with E-state index in [0.717, 1.165) is 0 Å². The summed E-state index contributed by atoms with van der Waals surface area (Å²) in [6.45, 7) is 5.87. The quantitative estimate of drug-likeness (QED) is 0.678. The Morgan fingerprint density at radius 2 is 2.13 bits per heavy atom. The number of carbonyl (C=O) groups is 2. The number of carbonyl (C=O) groups excluding carboxylic acids is 1.